The fraction of sp³-hybridized carbons (Fsp3) is 0.632. The minimum absolute atomic E-state index is 0.0680. The Hall–Kier alpha value is -1.55. The van der Waals surface area contributed by atoms with Gasteiger partial charge in [-0.2, -0.15) is 0 Å². The number of hydrogen-bond donors (Lipinski definition) is 0. The summed E-state index contributed by atoms with van der Waals surface area (Å²) in [6.07, 6.45) is 1.05. The second kappa shape index (κ2) is 10.3. The molecule has 4 nitrogen and oxygen atoms in total. The molecule has 1 atom stereocenters. The van der Waals surface area contributed by atoms with E-state index in [-0.39, 0.29) is 12.6 Å². The highest BCUT2D eigenvalue weighted by Crippen LogP contribution is 2.23. The Balaban J connectivity index is 0.00000232. The van der Waals surface area contributed by atoms with Crippen molar-refractivity contribution in [1.29, 1.82) is 0 Å². The van der Waals surface area contributed by atoms with Gasteiger partial charge in [0.25, 0.3) is 0 Å². The topological polar surface area (TPSA) is 38.8 Å². The summed E-state index contributed by atoms with van der Waals surface area (Å²) in [5.41, 5.74) is 0.761. The third-order valence-corrected chi connectivity index (χ3v) is 3.05. The predicted molar refractivity (Wildman–Crippen MR) is 95.8 cm³/mol. The maximum absolute atomic E-state index is 11.6. The van der Waals surface area contributed by atoms with E-state index in [0.717, 1.165) is 6.42 Å². The average molecular weight is 323 g/mol. The van der Waals surface area contributed by atoms with Crippen LogP contribution in [0.5, 0.6) is 5.75 Å². The third-order valence-electron chi connectivity index (χ3n) is 3.05. The van der Waals surface area contributed by atoms with Crippen molar-refractivity contribution in [2.45, 2.75) is 59.6 Å². The molecule has 0 radical (unpaired) electrons. The molecule has 0 aliphatic carbocycles. The van der Waals surface area contributed by atoms with Crippen molar-refractivity contribution in [3.63, 3.8) is 0 Å². The van der Waals surface area contributed by atoms with E-state index in [1.54, 1.807) is 0 Å². The highest BCUT2D eigenvalue weighted by molar-refractivity contribution is 5.71. The van der Waals surface area contributed by atoms with E-state index in [0.29, 0.717) is 11.8 Å². The highest BCUT2D eigenvalue weighted by atomic mass is 16.6. The number of ether oxygens (including phenoxy) is 2. The molecule has 0 spiro atoms. The molecule has 0 saturated heterocycles. The zero-order valence-electron chi connectivity index (χ0n) is 16.0. The first kappa shape index (κ1) is 21.4. The van der Waals surface area contributed by atoms with Gasteiger partial charge in [-0.3, -0.25) is 0 Å². The first-order valence-electron chi connectivity index (χ1n) is 8.34. The molecule has 4 heteroatoms. The van der Waals surface area contributed by atoms with Crippen LogP contribution in [-0.2, 0) is 9.53 Å². The number of hydrogen-bond acceptors (Lipinski definition) is 4. The zero-order chi connectivity index (χ0) is 18.0. The summed E-state index contributed by atoms with van der Waals surface area (Å²) >= 11 is 0. The fourth-order valence-electron chi connectivity index (χ4n) is 2.20. The van der Waals surface area contributed by atoms with Gasteiger partial charge in [0.15, 0.2) is 6.61 Å². The Labute approximate surface area is 141 Å². The fourth-order valence-corrected chi connectivity index (χ4v) is 2.20. The van der Waals surface area contributed by atoms with E-state index in [1.165, 1.54) is 5.56 Å². The quantitative estimate of drug-likeness (QED) is 0.725. The molecule has 0 heterocycles. The lowest BCUT2D eigenvalue weighted by Crippen LogP contribution is -2.27. The Kier molecular flexibility index (Phi) is 9.58. The number of benzene rings is 1. The van der Waals surface area contributed by atoms with Crippen molar-refractivity contribution >= 4 is 5.97 Å². The van der Waals surface area contributed by atoms with Crippen LogP contribution in [0.3, 0.4) is 0 Å². The van der Waals surface area contributed by atoms with E-state index in [9.17, 15) is 4.79 Å². The maximum atomic E-state index is 11.6. The van der Waals surface area contributed by atoms with E-state index in [4.69, 9.17) is 9.47 Å². The summed E-state index contributed by atoms with van der Waals surface area (Å²) in [7, 11) is 4.14. The maximum Gasteiger partial charge on any atom is 0.344 e. The van der Waals surface area contributed by atoms with Gasteiger partial charge >= 0.3 is 5.97 Å². The molecule has 0 fully saturated rings. The van der Waals surface area contributed by atoms with Crippen molar-refractivity contribution in [2.24, 2.45) is 0 Å². The predicted octanol–water partition coefficient (Wildman–Crippen LogP) is 4.45. The first-order valence-corrected chi connectivity index (χ1v) is 8.34. The van der Waals surface area contributed by atoms with Crippen LogP contribution in [0.1, 0.15) is 59.6 Å². The molecule has 0 saturated carbocycles. The number of esters is 1. The summed E-state index contributed by atoms with van der Waals surface area (Å²) in [6.45, 7) is 11.6. The molecule has 1 rings (SSSR count). The van der Waals surface area contributed by atoms with E-state index in [2.05, 4.69) is 25.9 Å². The Morgan fingerprint density at radius 3 is 2.04 bits per heavy atom. The average Bonchev–Trinajstić information content (AvgIpc) is 2.47. The summed E-state index contributed by atoms with van der Waals surface area (Å²) in [5.74, 6) is 0.324. The Bertz CT molecular complexity index is 447. The van der Waals surface area contributed by atoms with Crippen molar-refractivity contribution < 1.29 is 14.3 Å². The van der Waals surface area contributed by atoms with E-state index >= 15 is 0 Å². The van der Waals surface area contributed by atoms with Gasteiger partial charge in [0.1, 0.15) is 11.4 Å². The van der Waals surface area contributed by atoms with Crippen LogP contribution in [0.2, 0.25) is 0 Å². The van der Waals surface area contributed by atoms with Gasteiger partial charge in [0.2, 0.25) is 0 Å². The molecule has 0 amide bonds. The minimum atomic E-state index is -0.482. The normalized spacial score (nSPS) is 12.2. The monoisotopic (exact) mass is 323 g/mol. The molecular weight excluding hydrogens is 290 g/mol. The highest BCUT2D eigenvalue weighted by Gasteiger charge is 2.16. The summed E-state index contributed by atoms with van der Waals surface area (Å²) in [6, 6.07) is 8.26. The molecule has 132 valence electrons. The number of nitrogens with zero attached hydrogens (tertiary/aromatic N) is 1. The van der Waals surface area contributed by atoms with Crippen molar-refractivity contribution in [1.82, 2.24) is 4.90 Å². The molecule has 1 aromatic rings. The summed E-state index contributed by atoms with van der Waals surface area (Å²) in [4.78, 5) is 13.8. The molecular formula is C19H33NO3. The lowest BCUT2D eigenvalue weighted by Gasteiger charge is -2.23. The minimum Gasteiger partial charge on any atom is -0.482 e. The van der Waals surface area contributed by atoms with Crippen molar-refractivity contribution in [2.75, 3.05) is 20.7 Å². The van der Waals surface area contributed by atoms with Gasteiger partial charge in [-0.15, -0.1) is 0 Å². The molecule has 23 heavy (non-hydrogen) atoms. The van der Waals surface area contributed by atoms with Gasteiger partial charge in [-0.05, 0) is 59.0 Å². The lowest BCUT2D eigenvalue weighted by molar-refractivity contribution is -0.157. The number of carbonyl (C=O) groups excluding carboxylic acids is 1. The molecule has 0 aromatic heterocycles. The molecule has 0 bridgehead atoms. The first-order chi connectivity index (χ1) is 10.7. The van der Waals surface area contributed by atoms with Gasteiger partial charge in [0, 0.05) is 6.04 Å². The van der Waals surface area contributed by atoms with Crippen LogP contribution in [0.15, 0.2) is 24.3 Å². The Morgan fingerprint density at radius 2 is 1.65 bits per heavy atom. The van der Waals surface area contributed by atoms with E-state index in [1.807, 2.05) is 58.9 Å². The molecule has 1 unspecified atom stereocenters. The van der Waals surface area contributed by atoms with Gasteiger partial charge in [0.05, 0.1) is 0 Å². The second-order valence-corrected chi connectivity index (χ2v) is 6.33. The third kappa shape index (κ3) is 8.60. The van der Waals surface area contributed by atoms with Gasteiger partial charge in [-0.1, -0.05) is 32.9 Å². The standard InChI is InChI=1S/C17H27NO3.C2H6/c1-7-15(18(5)6)13-8-10-14(11-9-13)20-12-16(19)21-17(2,3)4;1-2/h8-11,15H,7,12H2,1-6H3;1-2H3. The van der Waals surface area contributed by atoms with Crippen LogP contribution < -0.4 is 4.74 Å². The largest absolute Gasteiger partial charge is 0.482 e. The molecule has 1 aromatic carbocycles. The van der Waals surface area contributed by atoms with Crippen LogP contribution in [0.25, 0.3) is 0 Å². The zero-order valence-corrected chi connectivity index (χ0v) is 16.0. The van der Waals surface area contributed by atoms with Crippen molar-refractivity contribution in [3.8, 4) is 5.75 Å². The van der Waals surface area contributed by atoms with Crippen LogP contribution in [0.4, 0.5) is 0 Å². The number of carbonyl (C=O) groups is 1. The van der Waals surface area contributed by atoms with E-state index < -0.39 is 5.60 Å². The summed E-state index contributed by atoms with van der Waals surface area (Å²) in [5, 5.41) is 0. The Morgan fingerprint density at radius 1 is 1.13 bits per heavy atom. The van der Waals surface area contributed by atoms with Crippen LogP contribution in [0, 0.1) is 0 Å². The summed E-state index contributed by atoms with van der Waals surface area (Å²) < 4.78 is 10.7. The lowest BCUT2D eigenvalue weighted by atomic mass is 10.0. The van der Waals surface area contributed by atoms with Crippen LogP contribution in [-0.4, -0.2) is 37.2 Å². The molecule has 0 N–H and O–H groups in total. The smallest absolute Gasteiger partial charge is 0.344 e. The van der Waals surface area contributed by atoms with Crippen molar-refractivity contribution in [3.05, 3.63) is 29.8 Å². The van der Waals surface area contributed by atoms with Crippen LogP contribution >= 0.6 is 0 Å². The van der Waals surface area contributed by atoms with Gasteiger partial charge < -0.3 is 14.4 Å². The molecule has 0 aliphatic heterocycles. The molecule has 0 aliphatic rings. The second-order valence-electron chi connectivity index (χ2n) is 6.33. The van der Waals surface area contributed by atoms with Gasteiger partial charge in [-0.25, -0.2) is 4.79 Å². The SMILES string of the molecule is CC.CCC(c1ccc(OCC(=O)OC(C)(C)C)cc1)N(C)C. The number of rotatable bonds is 6.